The van der Waals surface area contributed by atoms with E-state index in [9.17, 15) is 4.79 Å². The summed E-state index contributed by atoms with van der Waals surface area (Å²) in [5, 5.41) is 16.6. The van der Waals surface area contributed by atoms with Crippen molar-refractivity contribution in [3.05, 3.63) is 81.2 Å². The van der Waals surface area contributed by atoms with Crippen LogP contribution in [0.3, 0.4) is 0 Å². The second kappa shape index (κ2) is 12.3. The molecule has 0 unspecified atom stereocenters. The molecule has 0 atom stereocenters. The number of rotatable bonds is 5. The van der Waals surface area contributed by atoms with Crippen molar-refractivity contribution < 1.29 is 12.3 Å². The summed E-state index contributed by atoms with van der Waals surface area (Å²) in [6.07, 6.45) is 5.88. The Hall–Kier alpha value is -3.69. The zero-order valence-electron chi connectivity index (χ0n) is 21.3. The minimum absolute atomic E-state index is 0. The van der Waals surface area contributed by atoms with Gasteiger partial charge in [0.15, 0.2) is 0 Å². The van der Waals surface area contributed by atoms with Gasteiger partial charge in [0.2, 0.25) is 11.8 Å². The van der Waals surface area contributed by atoms with Gasteiger partial charge in [0.25, 0.3) is 5.56 Å². The third-order valence-corrected chi connectivity index (χ3v) is 5.76. The molecule has 194 valence electrons. The van der Waals surface area contributed by atoms with E-state index in [0.717, 1.165) is 24.3 Å². The molecule has 2 aromatic heterocycles. The second-order valence-electron chi connectivity index (χ2n) is 8.88. The minimum Gasteiger partial charge on any atom is -0.419 e. The SMILES string of the molecule is C1CCOC1.Cc1cc(CN)ccc1C(=N)OC(=N)c1nc(-c2ccc(=O)n(C(C)C)c2)cnc1C.[HH].[HH]. The highest BCUT2D eigenvalue weighted by Crippen LogP contribution is 2.19. The van der Waals surface area contributed by atoms with Gasteiger partial charge in [-0.05, 0) is 63.8 Å². The lowest BCUT2D eigenvalue weighted by Crippen LogP contribution is -2.20. The normalized spacial score (nSPS) is 12.7. The highest BCUT2D eigenvalue weighted by atomic mass is 16.5. The standard InChI is InChI=1S/C23H26N6O2.C4H8O.2H2/c1-13(2)29-12-17(6-8-20(29)30)19-11-27-15(4)21(28-19)23(26)31-22(25)18-7-5-16(10-24)9-14(18)3;1-2-4-5-3-1;;/h5-9,11-13,25-26H,10,24H2,1-4H3;1-4H2;2*1H. The summed E-state index contributed by atoms with van der Waals surface area (Å²) in [5.41, 5.74) is 9.90. The third-order valence-electron chi connectivity index (χ3n) is 5.76. The third kappa shape index (κ3) is 6.71. The Labute approximate surface area is 214 Å². The number of pyridine rings is 1. The average molecular weight is 495 g/mol. The molecule has 1 aliphatic rings. The first-order valence-corrected chi connectivity index (χ1v) is 12.0. The fourth-order valence-corrected chi connectivity index (χ4v) is 3.69. The van der Waals surface area contributed by atoms with Crippen LogP contribution in [0.1, 0.15) is 63.7 Å². The number of hydrogen-bond acceptors (Lipinski definition) is 8. The van der Waals surface area contributed by atoms with E-state index < -0.39 is 0 Å². The fraction of sp³-hybridized carbons (Fsp3) is 0.370. The van der Waals surface area contributed by atoms with Crippen molar-refractivity contribution in [2.45, 2.75) is 53.1 Å². The van der Waals surface area contributed by atoms with Gasteiger partial charge in [-0.1, -0.05) is 12.1 Å². The van der Waals surface area contributed by atoms with E-state index in [1.165, 1.54) is 18.9 Å². The summed E-state index contributed by atoms with van der Waals surface area (Å²) in [4.78, 5) is 20.9. The lowest BCUT2D eigenvalue weighted by molar-refractivity contribution is 0.198. The zero-order valence-corrected chi connectivity index (χ0v) is 21.3. The lowest BCUT2D eigenvalue weighted by atomic mass is 10.1. The van der Waals surface area contributed by atoms with Gasteiger partial charge in [0, 0.05) is 52.0 Å². The Morgan fingerprint density at radius 2 is 1.89 bits per heavy atom. The average Bonchev–Trinajstić information content (AvgIpc) is 3.44. The second-order valence-corrected chi connectivity index (χ2v) is 8.88. The van der Waals surface area contributed by atoms with Crippen molar-refractivity contribution in [2.75, 3.05) is 13.2 Å². The van der Waals surface area contributed by atoms with Crippen molar-refractivity contribution in [1.29, 1.82) is 10.8 Å². The smallest absolute Gasteiger partial charge is 0.250 e. The molecule has 3 heterocycles. The van der Waals surface area contributed by atoms with Gasteiger partial charge in [-0.15, -0.1) is 0 Å². The van der Waals surface area contributed by atoms with Crippen LogP contribution in [-0.2, 0) is 16.0 Å². The van der Waals surface area contributed by atoms with Crippen LogP contribution >= 0.6 is 0 Å². The van der Waals surface area contributed by atoms with Crippen molar-refractivity contribution in [3.8, 4) is 11.3 Å². The Kier molecular flexibility index (Phi) is 9.21. The molecule has 9 nitrogen and oxygen atoms in total. The quantitative estimate of drug-likeness (QED) is 0.349. The van der Waals surface area contributed by atoms with Crippen molar-refractivity contribution in [2.24, 2.45) is 5.73 Å². The Balaban J connectivity index is 0.000000925. The number of ether oxygens (including phenoxy) is 2. The number of nitrogens with one attached hydrogen (secondary N) is 2. The van der Waals surface area contributed by atoms with Crippen molar-refractivity contribution >= 4 is 11.8 Å². The van der Waals surface area contributed by atoms with Crippen LogP contribution in [0, 0.1) is 24.7 Å². The predicted octanol–water partition coefficient (Wildman–Crippen LogP) is 4.62. The highest BCUT2D eigenvalue weighted by Gasteiger charge is 2.17. The molecule has 4 N–H and O–H groups in total. The molecule has 36 heavy (non-hydrogen) atoms. The summed E-state index contributed by atoms with van der Waals surface area (Å²) in [7, 11) is 0. The molecule has 1 aliphatic heterocycles. The molecule has 0 amide bonds. The molecule has 1 fully saturated rings. The van der Waals surface area contributed by atoms with E-state index in [0.29, 0.717) is 29.1 Å². The number of aryl methyl sites for hydroxylation is 2. The van der Waals surface area contributed by atoms with E-state index in [1.807, 2.05) is 32.9 Å². The molecular formula is C27H38N6O3. The van der Waals surface area contributed by atoms with E-state index in [2.05, 4.69) is 9.97 Å². The van der Waals surface area contributed by atoms with Crippen LogP contribution in [0.5, 0.6) is 0 Å². The van der Waals surface area contributed by atoms with E-state index in [-0.39, 0.29) is 31.9 Å². The molecule has 0 spiro atoms. The van der Waals surface area contributed by atoms with Gasteiger partial charge in [-0.2, -0.15) is 0 Å². The summed E-state index contributed by atoms with van der Waals surface area (Å²) < 4.78 is 12.1. The zero-order chi connectivity index (χ0) is 26.2. The topological polar surface area (TPSA) is 140 Å². The van der Waals surface area contributed by atoms with Crippen LogP contribution in [0.25, 0.3) is 11.3 Å². The van der Waals surface area contributed by atoms with E-state index in [4.69, 9.17) is 26.0 Å². The van der Waals surface area contributed by atoms with Crippen molar-refractivity contribution in [3.63, 3.8) is 0 Å². The molecular weight excluding hydrogens is 456 g/mol. The number of aromatic nitrogens is 3. The first-order valence-electron chi connectivity index (χ1n) is 12.0. The molecule has 0 radical (unpaired) electrons. The molecule has 0 bridgehead atoms. The lowest BCUT2D eigenvalue weighted by Gasteiger charge is -2.14. The Morgan fingerprint density at radius 1 is 1.17 bits per heavy atom. The van der Waals surface area contributed by atoms with Gasteiger partial charge >= 0.3 is 0 Å². The maximum absolute atomic E-state index is 12.0. The van der Waals surface area contributed by atoms with Gasteiger partial charge < -0.3 is 19.8 Å². The number of nitrogens with two attached hydrogens (primary N) is 1. The summed E-state index contributed by atoms with van der Waals surface area (Å²) in [5.74, 6) is -0.414. The first-order chi connectivity index (χ1) is 17.2. The highest BCUT2D eigenvalue weighted by molar-refractivity contribution is 6.05. The molecule has 4 rings (SSSR count). The molecule has 9 heteroatoms. The van der Waals surface area contributed by atoms with E-state index in [1.54, 1.807) is 36.0 Å². The molecule has 1 aromatic carbocycles. The van der Waals surface area contributed by atoms with Gasteiger partial charge in [0.05, 0.1) is 17.6 Å². The number of hydrogen-bond donors (Lipinski definition) is 3. The Morgan fingerprint density at radius 3 is 2.47 bits per heavy atom. The number of benzene rings is 1. The molecule has 1 saturated heterocycles. The number of nitrogens with zero attached hydrogens (tertiary/aromatic N) is 3. The predicted molar refractivity (Wildman–Crippen MR) is 145 cm³/mol. The monoisotopic (exact) mass is 494 g/mol. The van der Waals surface area contributed by atoms with Crippen LogP contribution < -0.4 is 11.3 Å². The van der Waals surface area contributed by atoms with Crippen LogP contribution in [0.4, 0.5) is 0 Å². The van der Waals surface area contributed by atoms with E-state index >= 15 is 0 Å². The molecule has 0 saturated carbocycles. The fourth-order valence-electron chi connectivity index (χ4n) is 3.69. The van der Waals surface area contributed by atoms with Crippen LogP contribution in [0.15, 0.2) is 47.5 Å². The molecule has 3 aromatic rings. The minimum atomic E-state index is -0.267. The summed E-state index contributed by atoms with van der Waals surface area (Å²) in [6, 6.07) is 8.66. The van der Waals surface area contributed by atoms with Gasteiger partial charge in [-0.25, -0.2) is 4.98 Å². The maximum Gasteiger partial charge on any atom is 0.250 e. The maximum atomic E-state index is 12.0. The largest absolute Gasteiger partial charge is 0.419 e. The summed E-state index contributed by atoms with van der Waals surface area (Å²) in [6.45, 7) is 9.86. The first kappa shape index (κ1) is 26.9. The summed E-state index contributed by atoms with van der Waals surface area (Å²) >= 11 is 0. The van der Waals surface area contributed by atoms with Gasteiger partial charge in [-0.3, -0.25) is 20.6 Å². The van der Waals surface area contributed by atoms with Gasteiger partial charge in [0.1, 0.15) is 5.69 Å². The molecule has 0 aliphatic carbocycles. The van der Waals surface area contributed by atoms with Crippen molar-refractivity contribution in [1.82, 2.24) is 14.5 Å². The van der Waals surface area contributed by atoms with Crippen LogP contribution in [0.2, 0.25) is 0 Å². The Bertz CT molecular complexity index is 1300. The van der Waals surface area contributed by atoms with Crippen LogP contribution in [-0.4, -0.2) is 39.5 Å².